The number of methoxy groups -OCH3 is 1. The first-order valence-electron chi connectivity index (χ1n) is 3.90. The number of hydrogen-bond acceptors (Lipinski definition) is 5. The van der Waals surface area contributed by atoms with E-state index in [-0.39, 0.29) is 17.3 Å². The van der Waals surface area contributed by atoms with Gasteiger partial charge in [0, 0.05) is 7.05 Å². The molecule has 0 saturated heterocycles. The molecule has 0 bridgehead atoms. The molecule has 0 spiro atoms. The van der Waals surface area contributed by atoms with E-state index in [1.165, 1.54) is 21.1 Å². The summed E-state index contributed by atoms with van der Waals surface area (Å²) in [6, 6.07) is 0. The maximum atomic E-state index is 13.2. The van der Waals surface area contributed by atoms with Crippen LogP contribution in [0.5, 0.6) is 0 Å². The lowest BCUT2D eigenvalue weighted by molar-refractivity contribution is 0.0586. The SMILES string of the molecule is CNc1nc(C(=O)OC)nc(C)c1F. The van der Waals surface area contributed by atoms with Gasteiger partial charge in [-0.2, -0.15) is 0 Å². The van der Waals surface area contributed by atoms with Gasteiger partial charge in [-0.25, -0.2) is 19.2 Å². The average Bonchev–Trinajstić information content (AvgIpc) is 2.20. The highest BCUT2D eigenvalue weighted by molar-refractivity contribution is 5.85. The van der Waals surface area contributed by atoms with Crippen molar-refractivity contribution in [3.63, 3.8) is 0 Å². The van der Waals surface area contributed by atoms with Crippen LogP contribution in [0.4, 0.5) is 10.2 Å². The van der Waals surface area contributed by atoms with Gasteiger partial charge < -0.3 is 10.1 Å². The van der Waals surface area contributed by atoms with Crippen LogP contribution in [0.25, 0.3) is 0 Å². The van der Waals surface area contributed by atoms with Crippen molar-refractivity contribution in [2.24, 2.45) is 0 Å². The second-order valence-electron chi connectivity index (χ2n) is 2.54. The van der Waals surface area contributed by atoms with Crippen LogP contribution in [-0.2, 0) is 4.74 Å². The summed E-state index contributed by atoms with van der Waals surface area (Å²) in [7, 11) is 2.72. The van der Waals surface area contributed by atoms with Crippen molar-refractivity contribution in [3.8, 4) is 0 Å². The number of aromatic nitrogens is 2. The van der Waals surface area contributed by atoms with Crippen LogP contribution in [0.2, 0.25) is 0 Å². The molecule has 14 heavy (non-hydrogen) atoms. The number of nitrogens with one attached hydrogen (secondary N) is 1. The van der Waals surface area contributed by atoms with Crippen molar-refractivity contribution >= 4 is 11.8 Å². The Bertz CT molecular complexity index is 368. The molecule has 1 rings (SSSR count). The minimum Gasteiger partial charge on any atom is -0.463 e. The third-order valence-electron chi connectivity index (χ3n) is 1.62. The van der Waals surface area contributed by atoms with Crippen LogP contribution in [0, 0.1) is 12.7 Å². The first-order valence-corrected chi connectivity index (χ1v) is 3.90. The number of hydrogen-bond donors (Lipinski definition) is 1. The van der Waals surface area contributed by atoms with Crippen LogP contribution in [0.3, 0.4) is 0 Å². The normalized spacial score (nSPS) is 9.71. The predicted molar refractivity (Wildman–Crippen MR) is 47.6 cm³/mol. The van der Waals surface area contributed by atoms with Gasteiger partial charge in [-0.05, 0) is 6.92 Å². The zero-order valence-corrected chi connectivity index (χ0v) is 8.09. The fraction of sp³-hybridized carbons (Fsp3) is 0.375. The summed E-state index contributed by atoms with van der Waals surface area (Å²) < 4.78 is 17.6. The van der Waals surface area contributed by atoms with Crippen LogP contribution in [0.1, 0.15) is 16.3 Å². The van der Waals surface area contributed by atoms with Crippen molar-refractivity contribution in [1.82, 2.24) is 9.97 Å². The van der Waals surface area contributed by atoms with Gasteiger partial charge >= 0.3 is 5.97 Å². The third-order valence-corrected chi connectivity index (χ3v) is 1.62. The van der Waals surface area contributed by atoms with Gasteiger partial charge in [0.05, 0.1) is 12.8 Å². The molecule has 0 amide bonds. The molecule has 0 aliphatic carbocycles. The minimum atomic E-state index is -0.690. The van der Waals surface area contributed by atoms with Crippen molar-refractivity contribution in [2.75, 3.05) is 19.5 Å². The number of esters is 1. The Labute approximate surface area is 80.3 Å². The van der Waals surface area contributed by atoms with E-state index < -0.39 is 11.8 Å². The molecular weight excluding hydrogens is 189 g/mol. The summed E-state index contributed by atoms with van der Waals surface area (Å²) in [6.45, 7) is 1.45. The predicted octanol–water partition coefficient (Wildman–Crippen LogP) is 0.752. The van der Waals surface area contributed by atoms with Crippen molar-refractivity contribution in [1.29, 1.82) is 0 Å². The molecule has 0 saturated carbocycles. The van der Waals surface area contributed by atoms with Crippen LogP contribution in [0.15, 0.2) is 0 Å². The lowest BCUT2D eigenvalue weighted by Gasteiger charge is -2.05. The molecule has 6 heteroatoms. The molecule has 1 aromatic heterocycles. The Kier molecular flexibility index (Phi) is 2.95. The van der Waals surface area contributed by atoms with Crippen LogP contribution >= 0.6 is 0 Å². The Hall–Kier alpha value is -1.72. The number of halogens is 1. The van der Waals surface area contributed by atoms with Gasteiger partial charge in [0.1, 0.15) is 0 Å². The Morgan fingerprint density at radius 3 is 2.64 bits per heavy atom. The molecule has 0 fully saturated rings. The van der Waals surface area contributed by atoms with E-state index in [0.29, 0.717) is 0 Å². The average molecular weight is 199 g/mol. The summed E-state index contributed by atoms with van der Waals surface area (Å²) in [4.78, 5) is 18.3. The zero-order chi connectivity index (χ0) is 10.7. The summed E-state index contributed by atoms with van der Waals surface area (Å²) >= 11 is 0. The molecule has 0 aromatic carbocycles. The van der Waals surface area contributed by atoms with Gasteiger partial charge in [-0.1, -0.05) is 0 Å². The molecule has 0 aliphatic heterocycles. The van der Waals surface area contributed by atoms with E-state index in [9.17, 15) is 9.18 Å². The van der Waals surface area contributed by atoms with E-state index in [1.54, 1.807) is 0 Å². The number of carbonyl (C=O) groups excluding carboxylic acids is 1. The first kappa shape index (κ1) is 10.4. The molecular formula is C8H10FN3O2. The molecule has 1 aromatic rings. The molecule has 0 unspecified atom stereocenters. The van der Waals surface area contributed by atoms with E-state index in [0.717, 1.165) is 0 Å². The number of rotatable bonds is 2. The summed E-state index contributed by atoms with van der Waals surface area (Å²) in [5.74, 6) is -1.43. The van der Waals surface area contributed by atoms with Crippen molar-refractivity contribution in [2.45, 2.75) is 6.92 Å². The highest BCUT2D eigenvalue weighted by Gasteiger charge is 2.15. The van der Waals surface area contributed by atoms with Gasteiger partial charge in [0.15, 0.2) is 11.6 Å². The number of carbonyl (C=O) groups is 1. The van der Waals surface area contributed by atoms with Crippen LogP contribution < -0.4 is 5.32 Å². The third kappa shape index (κ3) is 1.78. The maximum Gasteiger partial charge on any atom is 0.376 e. The Morgan fingerprint density at radius 1 is 1.50 bits per heavy atom. The fourth-order valence-corrected chi connectivity index (χ4v) is 0.907. The number of ether oxygens (including phenoxy) is 1. The summed E-state index contributed by atoms with van der Waals surface area (Å²) in [5, 5.41) is 2.52. The maximum absolute atomic E-state index is 13.2. The molecule has 76 valence electrons. The quantitative estimate of drug-likeness (QED) is 0.712. The van der Waals surface area contributed by atoms with E-state index >= 15 is 0 Å². The second-order valence-corrected chi connectivity index (χ2v) is 2.54. The monoisotopic (exact) mass is 199 g/mol. The summed E-state index contributed by atoms with van der Waals surface area (Å²) in [6.07, 6.45) is 0. The van der Waals surface area contributed by atoms with E-state index in [2.05, 4.69) is 20.0 Å². The molecule has 1 N–H and O–H groups in total. The number of anilines is 1. The Balaban J connectivity index is 3.22. The van der Waals surface area contributed by atoms with Crippen LogP contribution in [-0.4, -0.2) is 30.1 Å². The lowest BCUT2D eigenvalue weighted by atomic mass is 10.4. The van der Waals surface area contributed by atoms with Gasteiger partial charge in [-0.15, -0.1) is 0 Å². The molecule has 0 aliphatic rings. The van der Waals surface area contributed by atoms with Crippen molar-refractivity contribution in [3.05, 3.63) is 17.3 Å². The fourth-order valence-electron chi connectivity index (χ4n) is 0.907. The van der Waals surface area contributed by atoms with Gasteiger partial charge in [0.25, 0.3) is 0 Å². The molecule has 1 heterocycles. The smallest absolute Gasteiger partial charge is 0.376 e. The molecule has 0 radical (unpaired) electrons. The van der Waals surface area contributed by atoms with E-state index in [1.807, 2.05) is 0 Å². The molecule has 0 atom stereocenters. The highest BCUT2D eigenvalue weighted by atomic mass is 19.1. The van der Waals surface area contributed by atoms with Gasteiger partial charge in [-0.3, -0.25) is 0 Å². The topological polar surface area (TPSA) is 64.1 Å². The standard InChI is InChI=1S/C8H10FN3O2/c1-4-5(9)6(10-2)12-7(11-4)8(13)14-3/h1-3H3,(H,10,11,12). The minimum absolute atomic E-state index is 0.0158. The highest BCUT2D eigenvalue weighted by Crippen LogP contribution is 2.13. The van der Waals surface area contributed by atoms with E-state index in [4.69, 9.17) is 0 Å². The largest absolute Gasteiger partial charge is 0.463 e. The van der Waals surface area contributed by atoms with Crippen molar-refractivity contribution < 1.29 is 13.9 Å². The molecule has 5 nitrogen and oxygen atoms in total. The first-order chi connectivity index (χ1) is 6.60. The number of nitrogens with zero attached hydrogens (tertiary/aromatic N) is 2. The Morgan fingerprint density at radius 2 is 2.14 bits per heavy atom. The second kappa shape index (κ2) is 3.99. The zero-order valence-electron chi connectivity index (χ0n) is 8.09. The van der Waals surface area contributed by atoms with Gasteiger partial charge in [0.2, 0.25) is 5.82 Å². The number of aryl methyl sites for hydroxylation is 1. The lowest BCUT2D eigenvalue weighted by Crippen LogP contribution is -2.12. The summed E-state index contributed by atoms with van der Waals surface area (Å²) in [5.41, 5.74) is 0.102.